The summed E-state index contributed by atoms with van der Waals surface area (Å²) in [6.45, 7) is 0. The van der Waals surface area contributed by atoms with Crippen LogP contribution in [0.2, 0.25) is 0 Å². The number of imidazole rings is 1. The second kappa shape index (κ2) is 4.74. The Morgan fingerprint density at radius 1 is 1.00 bits per heavy atom. The van der Waals surface area contributed by atoms with Gasteiger partial charge >= 0.3 is 0 Å². The second-order valence-corrected chi connectivity index (χ2v) is 4.88. The fourth-order valence-corrected chi connectivity index (χ4v) is 3.04. The van der Waals surface area contributed by atoms with E-state index in [1.807, 2.05) is 12.4 Å². The molecule has 0 saturated heterocycles. The lowest BCUT2D eigenvalue weighted by molar-refractivity contribution is 0.375. The fourth-order valence-electron chi connectivity index (χ4n) is 3.04. The summed E-state index contributed by atoms with van der Waals surface area (Å²) in [7, 11) is 0. The Kier molecular flexibility index (Phi) is 2.95. The molecule has 1 aliphatic carbocycles. The van der Waals surface area contributed by atoms with E-state index in [4.69, 9.17) is 0 Å². The summed E-state index contributed by atoms with van der Waals surface area (Å²) >= 11 is 0. The first-order valence-corrected chi connectivity index (χ1v) is 6.49. The first-order valence-electron chi connectivity index (χ1n) is 6.49. The topological polar surface area (TPSA) is 28.7 Å². The molecule has 1 N–H and O–H groups in total. The Balaban J connectivity index is 1.91. The number of aromatic nitrogens is 2. The Hall–Kier alpha value is -1.57. The molecule has 0 bridgehead atoms. The van der Waals surface area contributed by atoms with Crippen molar-refractivity contribution in [1.82, 2.24) is 9.97 Å². The van der Waals surface area contributed by atoms with Crippen molar-refractivity contribution in [1.29, 1.82) is 0 Å². The van der Waals surface area contributed by atoms with Gasteiger partial charge in [0.1, 0.15) is 5.82 Å². The van der Waals surface area contributed by atoms with Gasteiger partial charge in [0.05, 0.1) is 0 Å². The van der Waals surface area contributed by atoms with Crippen LogP contribution in [0.15, 0.2) is 42.7 Å². The molecule has 17 heavy (non-hydrogen) atoms. The molecule has 1 aliphatic rings. The van der Waals surface area contributed by atoms with Crippen molar-refractivity contribution in [2.45, 2.75) is 37.5 Å². The highest BCUT2D eigenvalue weighted by atomic mass is 14.9. The van der Waals surface area contributed by atoms with Gasteiger partial charge in [-0.2, -0.15) is 0 Å². The number of aromatic amines is 1. The number of rotatable bonds is 2. The van der Waals surface area contributed by atoms with Crippen molar-refractivity contribution in [3.8, 4) is 0 Å². The van der Waals surface area contributed by atoms with Crippen LogP contribution in [0.1, 0.15) is 48.9 Å². The van der Waals surface area contributed by atoms with E-state index in [0.717, 1.165) is 0 Å². The van der Waals surface area contributed by atoms with Gasteiger partial charge in [0.2, 0.25) is 0 Å². The quantitative estimate of drug-likeness (QED) is 0.827. The van der Waals surface area contributed by atoms with Crippen LogP contribution in [0.5, 0.6) is 0 Å². The van der Waals surface area contributed by atoms with Gasteiger partial charge in [0.15, 0.2) is 0 Å². The van der Waals surface area contributed by atoms with Crippen molar-refractivity contribution in [3.05, 3.63) is 54.1 Å². The minimum absolute atomic E-state index is 0.571. The summed E-state index contributed by atoms with van der Waals surface area (Å²) in [5, 5.41) is 0. The lowest BCUT2D eigenvalue weighted by Crippen LogP contribution is -2.17. The van der Waals surface area contributed by atoms with Crippen LogP contribution < -0.4 is 0 Å². The van der Waals surface area contributed by atoms with Gasteiger partial charge in [-0.25, -0.2) is 4.98 Å². The van der Waals surface area contributed by atoms with E-state index in [-0.39, 0.29) is 0 Å². The lowest BCUT2D eigenvalue weighted by atomic mass is 9.75. The number of benzene rings is 1. The highest BCUT2D eigenvalue weighted by Gasteiger charge is 2.29. The number of nitrogens with zero attached hydrogens (tertiary/aromatic N) is 1. The molecule has 1 saturated carbocycles. The van der Waals surface area contributed by atoms with Crippen LogP contribution >= 0.6 is 0 Å². The molecule has 0 amide bonds. The van der Waals surface area contributed by atoms with Crippen LogP contribution in [0.3, 0.4) is 0 Å². The van der Waals surface area contributed by atoms with Gasteiger partial charge in [0, 0.05) is 18.3 Å². The Morgan fingerprint density at radius 2 is 1.76 bits per heavy atom. The van der Waals surface area contributed by atoms with Crippen molar-refractivity contribution < 1.29 is 0 Å². The maximum Gasteiger partial charge on any atom is 0.109 e. The SMILES string of the molecule is c1ccc([C@H]2CCCC[C@@H]2c2ncc[nH]2)cc1. The van der Waals surface area contributed by atoms with E-state index in [0.29, 0.717) is 11.8 Å². The van der Waals surface area contributed by atoms with Crippen LogP contribution in [-0.2, 0) is 0 Å². The van der Waals surface area contributed by atoms with Gasteiger partial charge < -0.3 is 4.98 Å². The largest absolute Gasteiger partial charge is 0.348 e. The normalized spacial score (nSPS) is 24.7. The zero-order chi connectivity index (χ0) is 11.5. The zero-order valence-corrected chi connectivity index (χ0v) is 9.97. The Labute approximate surface area is 102 Å². The number of hydrogen-bond acceptors (Lipinski definition) is 1. The number of nitrogens with one attached hydrogen (secondary N) is 1. The smallest absolute Gasteiger partial charge is 0.109 e. The maximum absolute atomic E-state index is 4.46. The molecule has 0 aliphatic heterocycles. The molecule has 0 radical (unpaired) electrons. The van der Waals surface area contributed by atoms with Gasteiger partial charge in [0.25, 0.3) is 0 Å². The Bertz CT molecular complexity index is 447. The average molecular weight is 226 g/mol. The fraction of sp³-hybridized carbons (Fsp3) is 0.400. The molecule has 3 rings (SSSR count). The molecule has 1 aromatic carbocycles. The van der Waals surface area contributed by atoms with Crippen LogP contribution in [0.25, 0.3) is 0 Å². The standard InChI is InChI=1S/C15H18N2/c1-2-6-12(7-3-1)13-8-4-5-9-14(13)15-16-10-11-17-15/h1-3,6-7,10-11,13-14H,4-5,8-9H2,(H,16,17)/t13-,14+/m1/s1. The van der Waals surface area contributed by atoms with E-state index in [1.54, 1.807) is 0 Å². The molecule has 2 atom stereocenters. The summed E-state index contributed by atoms with van der Waals surface area (Å²) < 4.78 is 0. The van der Waals surface area contributed by atoms with Gasteiger partial charge in [-0.3, -0.25) is 0 Å². The molecule has 2 aromatic rings. The monoisotopic (exact) mass is 226 g/mol. The summed E-state index contributed by atoms with van der Waals surface area (Å²) in [6, 6.07) is 10.9. The molecule has 2 heteroatoms. The summed E-state index contributed by atoms with van der Waals surface area (Å²) in [5.74, 6) is 2.37. The highest BCUT2D eigenvalue weighted by Crippen LogP contribution is 2.42. The molecular weight excluding hydrogens is 208 g/mol. The summed E-state index contributed by atoms with van der Waals surface area (Å²) in [6.07, 6.45) is 9.02. The number of hydrogen-bond donors (Lipinski definition) is 1. The Morgan fingerprint density at radius 3 is 2.47 bits per heavy atom. The zero-order valence-electron chi connectivity index (χ0n) is 9.97. The van der Waals surface area contributed by atoms with E-state index < -0.39 is 0 Å². The lowest BCUT2D eigenvalue weighted by Gasteiger charge is -2.30. The van der Waals surface area contributed by atoms with Crippen LogP contribution in [0.4, 0.5) is 0 Å². The van der Waals surface area contributed by atoms with Gasteiger partial charge in [-0.1, -0.05) is 43.2 Å². The molecule has 2 nitrogen and oxygen atoms in total. The predicted octanol–water partition coefficient (Wildman–Crippen LogP) is 3.85. The third-order valence-electron chi connectivity index (χ3n) is 3.86. The summed E-state index contributed by atoms with van der Waals surface area (Å²) in [5.41, 5.74) is 1.47. The van der Waals surface area contributed by atoms with E-state index in [2.05, 4.69) is 40.3 Å². The molecular formula is C15H18N2. The highest BCUT2D eigenvalue weighted by molar-refractivity contribution is 5.24. The summed E-state index contributed by atoms with van der Waals surface area (Å²) in [4.78, 5) is 7.76. The predicted molar refractivity (Wildman–Crippen MR) is 69.0 cm³/mol. The second-order valence-electron chi connectivity index (χ2n) is 4.88. The first kappa shape index (κ1) is 10.6. The minimum Gasteiger partial charge on any atom is -0.348 e. The van der Waals surface area contributed by atoms with E-state index >= 15 is 0 Å². The third-order valence-corrected chi connectivity index (χ3v) is 3.86. The van der Waals surface area contributed by atoms with Crippen molar-refractivity contribution in [2.75, 3.05) is 0 Å². The average Bonchev–Trinajstić information content (AvgIpc) is 2.94. The third kappa shape index (κ3) is 2.12. The van der Waals surface area contributed by atoms with Crippen molar-refractivity contribution in [3.63, 3.8) is 0 Å². The molecule has 0 unspecified atom stereocenters. The maximum atomic E-state index is 4.46. The molecule has 1 aromatic heterocycles. The molecule has 88 valence electrons. The van der Waals surface area contributed by atoms with Crippen LogP contribution in [0, 0.1) is 0 Å². The molecule has 1 heterocycles. The number of H-pyrrole nitrogens is 1. The van der Waals surface area contributed by atoms with E-state index in [1.165, 1.54) is 37.1 Å². The van der Waals surface area contributed by atoms with Crippen LogP contribution in [-0.4, -0.2) is 9.97 Å². The van der Waals surface area contributed by atoms with Crippen molar-refractivity contribution >= 4 is 0 Å². The molecule has 1 fully saturated rings. The van der Waals surface area contributed by atoms with Crippen molar-refractivity contribution in [2.24, 2.45) is 0 Å². The first-order chi connectivity index (χ1) is 8.45. The van der Waals surface area contributed by atoms with E-state index in [9.17, 15) is 0 Å². The van der Waals surface area contributed by atoms with Gasteiger partial charge in [-0.05, 0) is 24.3 Å². The minimum atomic E-state index is 0.571. The molecule has 0 spiro atoms. The van der Waals surface area contributed by atoms with Gasteiger partial charge in [-0.15, -0.1) is 0 Å².